The Hall–Kier alpha value is -2.01. The number of benzene rings is 1. The number of aliphatic hydroxyl groups excluding tert-OH is 1. The van der Waals surface area contributed by atoms with Crippen molar-refractivity contribution in [2.45, 2.75) is 13.0 Å². The first-order valence-electron chi connectivity index (χ1n) is 5.29. The molecular weight excluding hydrogens is 220 g/mol. The molecule has 0 aliphatic carbocycles. The van der Waals surface area contributed by atoms with Crippen molar-refractivity contribution in [1.82, 2.24) is 10.2 Å². The van der Waals surface area contributed by atoms with E-state index in [4.69, 9.17) is 4.74 Å². The Morgan fingerprint density at radius 1 is 1.47 bits per heavy atom. The minimum Gasteiger partial charge on any atom is -0.464 e. The number of rotatable bonds is 3. The van der Waals surface area contributed by atoms with Gasteiger partial charge in [0.05, 0.1) is 12.8 Å². The highest BCUT2D eigenvalue weighted by Crippen LogP contribution is 2.21. The maximum Gasteiger partial charge on any atom is 0.341 e. The van der Waals surface area contributed by atoms with Crippen molar-refractivity contribution in [2.24, 2.45) is 0 Å². The molecule has 2 rings (SSSR count). The van der Waals surface area contributed by atoms with E-state index in [-0.39, 0.29) is 12.3 Å². The zero-order valence-corrected chi connectivity index (χ0v) is 9.33. The number of ether oxygens (including phenoxy) is 1. The minimum absolute atomic E-state index is 0.216. The molecule has 0 bridgehead atoms. The van der Waals surface area contributed by atoms with Crippen LogP contribution in [0.3, 0.4) is 0 Å². The van der Waals surface area contributed by atoms with Crippen LogP contribution < -0.4 is 0 Å². The normalized spacial score (nSPS) is 12.4. The van der Waals surface area contributed by atoms with E-state index in [0.29, 0.717) is 5.39 Å². The van der Waals surface area contributed by atoms with Crippen molar-refractivity contribution >= 4 is 16.7 Å². The molecule has 0 saturated heterocycles. The fraction of sp³-hybridized carbons (Fsp3) is 0.250. The zero-order valence-electron chi connectivity index (χ0n) is 9.33. The average Bonchev–Trinajstić information content (AvgIpc) is 2.37. The summed E-state index contributed by atoms with van der Waals surface area (Å²) in [5.74, 6) is -0.710. The van der Waals surface area contributed by atoms with Crippen molar-refractivity contribution < 1.29 is 14.6 Å². The zero-order chi connectivity index (χ0) is 12.3. The largest absolute Gasteiger partial charge is 0.464 e. The van der Waals surface area contributed by atoms with E-state index < -0.39 is 12.1 Å². The third-order valence-corrected chi connectivity index (χ3v) is 2.37. The molecule has 0 saturated carbocycles. The lowest BCUT2D eigenvalue weighted by molar-refractivity contribution is -0.153. The highest BCUT2D eigenvalue weighted by molar-refractivity contribution is 5.88. The van der Waals surface area contributed by atoms with Gasteiger partial charge < -0.3 is 9.84 Å². The number of nitrogens with zero attached hydrogens (tertiary/aromatic N) is 2. The fourth-order valence-electron chi connectivity index (χ4n) is 1.58. The molecular formula is C12H12N2O3. The van der Waals surface area contributed by atoms with E-state index >= 15 is 0 Å². The second-order valence-electron chi connectivity index (χ2n) is 3.47. The number of carbonyl (C=O) groups is 1. The number of fused-ring (bicyclic) bond motifs is 1. The molecule has 1 atom stereocenters. The van der Waals surface area contributed by atoms with Crippen molar-refractivity contribution in [3.8, 4) is 0 Å². The number of aliphatic hydroxyl groups is 1. The van der Waals surface area contributed by atoms with Crippen LogP contribution in [0, 0.1) is 0 Å². The summed E-state index contributed by atoms with van der Waals surface area (Å²) in [7, 11) is 0. The maximum atomic E-state index is 11.4. The molecule has 17 heavy (non-hydrogen) atoms. The topological polar surface area (TPSA) is 72.3 Å². The summed E-state index contributed by atoms with van der Waals surface area (Å²) in [4.78, 5) is 11.4. The van der Waals surface area contributed by atoms with Crippen LogP contribution in [0.25, 0.3) is 10.8 Å². The molecule has 0 radical (unpaired) electrons. The van der Waals surface area contributed by atoms with Gasteiger partial charge in [0, 0.05) is 10.8 Å². The molecule has 2 aromatic rings. The van der Waals surface area contributed by atoms with E-state index in [0.717, 1.165) is 5.39 Å². The number of carbonyl (C=O) groups excluding carboxylic acids is 1. The molecule has 5 heteroatoms. The van der Waals surface area contributed by atoms with Gasteiger partial charge in [0.1, 0.15) is 5.69 Å². The van der Waals surface area contributed by atoms with Crippen molar-refractivity contribution in [3.63, 3.8) is 0 Å². The van der Waals surface area contributed by atoms with Gasteiger partial charge in [-0.05, 0) is 6.92 Å². The summed E-state index contributed by atoms with van der Waals surface area (Å²) >= 11 is 0. The molecule has 1 N–H and O–H groups in total. The summed E-state index contributed by atoms with van der Waals surface area (Å²) in [5.41, 5.74) is 0.224. The Morgan fingerprint density at radius 2 is 2.24 bits per heavy atom. The van der Waals surface area contributed by atoms with Gasteiger partial charge >= 0.3 is 5.97 Å². The van der Waals surface area contributed by atoms with Crippen LogP contribution in [0.1, 0.15) is 18.7 Å². The lowest BCUT2D eigenvalue weighted by Crippen LogP contribution is -2.17. The first kappa shape index (κ1) is 11.5. The second-order valence-corrected chi connectivity index (χ2v) is 3.47. The molecule has 0 spiro atoms. The highest BCUT2D eigenvalue weighted by Gasteiger charge is 2.22. The van der Waals surface area contributed by atoms with E-state index in [1.165, 1.54) is 0 Å². The summed E-state index contributed by atoms with van der Waals surface area (Å²) in [6.07, 6.45) is 0.185. The lowest BCUT2D eigenvalue weighted by atomic mass is 10.1. The Labute approximate surface area is 98.0 Å². The van der Waals surface area contributed by atoms with E-state index in [2.05, 4.69) is 10.2 Å². The molecule has 1 unspecified atom stereocenters. The SMILES string of the molecule is CCOC(=O)C(O)c1nncc2ccccc12. The van der Waals surface area contributed by atoms with Gasteiger partial charge in [-0.25, -0.2) is 4.79 Å². The van der Waals surface area contributed by atoms with Gasteiger partial charge in [0.2, 0.25) is 0 Å². The van der Waals surface area contributed by atoms with Crippen LogP contribution >= 0.6 is 0 Å². The Bertz CT molecular complexity index is 537. The van der Waals surface area contributed by atoms with Gasteiger partial charge in [-0.15, -0.1) is 0 Å². The van der Waals surface area contributed by atoms with E-state index in [9.17, 15) is 9.90 Å². The van der Waals surface area contributed by atoms with Crippen LogP contribution in [0.2, 0.25) is 0 Å². The van der Waals surface area contributed by atoms with Crippen LogP contribution in [0.4, 0.5) is 0 Å². The molecule has 1 heterocycles. The average molecular weight is 232 g/mol. The van der Waals surface area contributed by atoms with Gasteiger partial charge in [-0.1, -0.05) is 24.3 Å². The van der Waals surface area contributed by atoms with Gasteiger partial charge in [0.15, 0.2) is 6.10 Å². The Balaban J connectivity index is 2.44. The first-order valence-corrected chi connectivity index (χ1v) is 5.29. The van der Waals surface area contributed by atoms with Crippen molar-refractivity contribution in [1.29, 1.82) is 0 Å². The molecule has 0 amide bonds. The summed E-state index contributed by atoms with van der Waals surface area (Å²) in [5, 5.41) is 18.9. The molecule has 5 nitrogen and oxygen atoms in total. The molecule has 88 valence electrons. The van der Waals surface area contributed by atoms with Gasteiger partial charge in [0.25, 0.3) is 0 Å². The van der Waals surface area contributed by atoms with Crippen LogP contribution in [0.15, 0.2) is 30.5 Å². The number of hydrogen-bond acceptors (Lipinski definition) is 5. The quantitative estimate of drug-likeness (QED) is 0.806. The molecule has 1 aromatic heterocycles. The maximum absolute atomic E-state index is 11.4. The predicted molar refractivity (Wildman–Crippen MR) is 61.1 cm³/mol. The van der Waals surface area contributed by atoms with Crippen LogP contribution in [0.5, 0.6) is 0 Å². The molecule has 0 aliphatic heterocycles. The second kappa shape index (κ2) is 4.88. The van der Waals surface area contributed by atoms with Crippen LogP contribution in [-0.4, -0.2) is 27.9 Å². The first-order chi connectivity index (χ1) is 8.24. The highest BCUT2D eigenvalue weighted by atomic mass is 16.5. The van der Waals surface area contributed by atoms with E-state index in [1.807, 2.05) is 18.2 Å². The minimum atomic E-state index is -1.39. The lowest BCUT2D eigenvalue weighted by Gasteiger charge is -2.10. The Kier molecular flexibility index (Phi) is 3.30. The summed E-state index contributed by atoms with van der Waals surface area (Å²) in [6.45, 7) is 1.90. The Morgan fingerprint density at radius 3 is 3.00 bits per heavy atom. The van der Waals surface area contributed by atoms with Crippen molar-refractivity contribution in [2.75, 3.05) is 6.61 Å². The standard InChI is InChI=1S/C12H12N2O3/c1-2-17-12(16)11(15)10-9-6-4-3-5-8(9)7-13-14-10/h3-7,11,15H,2H2,1H3. The third-order valence-electron chi connectivity index (χ3n) is 2.37. The van der Waals surface area contributed by atoms with Crippen LogP contribution in [-0.2, 0) is 9.53 Å². The van der Waals surface area contributed by atoms with Crippen molar-refractivity contribution in [3.05, 3.63) is 36.2 Å². The monoisotopic (exact) mass is 232 g/mol. The molecule has 0 fully saturated rings. The number of aromatic nitrogens is 2. The third kappa shape index (κ3) is 2.24. The molecule has 0 aliphatic rings. The molecule has 1 aromatic carbocycles. The summed E-state index contributed by atoms with van der Waals surface area (Å²) in [6, 6.07) is 7.28. The van der Waals surface area contributed by atoms with E-state index in [1.54, 1.807) is 19.2 Å². The predicted octanol–water partition coefficient (Wildman–Crippen LogP) is 1.23. The smallest absolute Gasteiger partial charge is 0.341 e. The van der Waals surface area contributed by atoms with Gasteiger partial charge in [-0.2, -0.15) is 10.2 Å². The number of hydrogen-bond donors (Lipinski definition) is 1. The number of esters is 1. The fourth-order valence-corrected chi connectivity index (χ4v) is 1.58. The van der Waals surface area contributed by atoms with Gasteiger partial charge in [-0.3, -0.25) is 0 Å². The summed E-state index contributed by atoms with van der Waals surface area (Å²) < 4.78 is 4.75.